The lowest BCUT2D eigenvalue weighted by Gasteiger charge is -2.18. The molecule has 1 aliphatic rings. The summed E-state index contributed by atoms with van der Waals surface area (Å²) in [4.78, 5) is 24.4. The number of carbonyl (C=O) groups excluding carboxylic acids is 1. The molecule has 2 aromatic rings. The van der Waals surface area contributed by atoms with Gasteiger partial charge in [0.05, 0.1) is 16.4 Å². The molecule has 1 amide bonds. The zero-order chi connectivity index (χ0) is 20.9. The highest BCUT2D eigenvalue weighted by Crippen LogP contribution is 2.32. The second kappa shape index (κ2) is 9.01. The van der Waals surface area contributed by atoms with Crippen LogP contribution in [-0.4, -0.2) is 38.9 Å². The Morgan fingerprint density at radius 1 is 1.10 bits per heavy atom. The Morgan fingerprint density at radius 3 is 2.45 bits per heavy atom. The van der Waals surface area contributed by atoms with Crippen molar-refractivity contribution in [3.05, 3.63) is 64.2 Å². The molecule has 0 spiro atoms. The average molecular weight is 418 g/mol. The van der Waals surface area contributed by atoms with E-state index in [1.165, 1.54) is 12.1 Å². The molecule has 9 nitrogen and oxygen atoms in total. The molecule has 3 rings (SSSR count). The number of nitrogens with one attached hydrogen (secondary N) is 2. The summed E-state index contributed by atoms with van der Waals surface area (Å²) in [5.41, 5.74) is 1.03. The summed E-state index contributed by atoms with van der Waals surface area (Å²) in [7, 11) is -4.07. The minimum absolute atomic E-state index is 0.247. The minimum atomic E-state index is -4.07. The number of amides is 1. The van der Waals surface area contributed by atoms with Gasteiger partial charge in [-0.25, -0.2) is 13.1 Å². The predicted octanol–water partition coefficient (Wildman–Crippen LogP) is 1.79. The average Bonchev–Trinajstić information content (AvgIpc) is 3.26. The molecule has 10 heteroatoms. The van der Waals surface area contributed by atoms with Gasteiger partial charge in [-0.05, 0) is 30.5 Å². The van der Waals surface area contributed by atoms with Gasteiger partial charge in [0.2, 0.25) is 15.9 Å². The standard InChI is InChI=1S/C19H22N4O5S/c24-19(20-13-15-6-2-1-3-7-15)14-21-29(27,28)16-8-9-17(18(12-16)23(25)26)22-10-4-5-11-22/h1-3,6-9,12,21H,4-5,10-11,13-14H2,(H,20,24). The van der Waals surface area contributed by atoms with Crippen LogP contribution in [-0.2, 0) is 21.4 Å². The number of hydrogen-bond donors (Lipinski definition) is 2. The first kappa shape index (κ1) is 20.7. The Balaban J connectivity index is 1.66. The normalized spacial score (nSPS) is 14.0. The second-order valence-corrected chi connectivity index (χ2v) is 8.46. The van der Waals surface area contributed by atoms with E-state index in [0.29, 0.717) is 18.8 Å². The van der Waals surface area contributed by atoms with Gasteiger partial charge in [-0.1, -0.05) is 30.3 Å². The summed E-state index contributed by atoms with van der Waals surface area (Å²) in [5.74, 6) is -0.499. The van der Waals surface area contributed by atoms with Crippen LogP contribution < -0.4 is 14.9 Å². The van der Waals surface area contributed by atoms with Crippen LogP contribution in [0.15, 0.2) is 53.4 Å². The van der Waals surface area contributed by atoms with E-state index in [9.17, 15) is 23.3 Å². The molecular weight excluding hydrogens is 396 g/mol. The van der Waals surface area contributed by atoms with Crippen LogP contribution in [0.4, 0.5) is 11.4 Å². The van der Waals surface area contributed by atoms with Gasteiger partial charge in [-0.2, -0.15) is 0 Å². The maximum atomic E-state index is 12.5. The fourth-order valence-electron chi connectivity index (χ4n) is 3.14. The molecule has 0 aliphatic carbocycles. The van der Waals surface area contributed by atoms with Crippen molar-refractivity contribution in [1.29, 1.82) is 0 Å². The predicted molar refractivity (Wildman–Crippen MR) is 108 cm³/mol. The van der Waals surface area contributed by atoms with Crippen LogP contribution in [0.5, 0.6) is 0 Å². The SMILES string of the molecule is O=C(CNS(=O)(=O)c1ccc(N2CCCC2)c([N+](=O)[O-])c1)NCc1ccccc1. The zero-order valence-corrected chi connectivity index (χ0v) is 16.5. The summed E-state index contributed by atoms with van der Waals surface area (Å²) < 4.78 is 27.2. The number of hydrogen-bond acceptors (Lipinski definition) is 6. The van der Waals surface area contributed by atoms with E-state index >= 15 is 0 Å². The number of benzene rings is 2. The summed E-state index contributed by atoms with van der Waals surface area (Å²) >= 11 is 0. The highest BCUT2D eigenvalue weighted by Gasteiger charge is 2.26. The Kier molecular flexibility index (Phi) is 6.45. The maximum absolute atomic E-state index is 12.5. The van der Waals surface area contributed by atoms with E-state index in [1.54, 1.807) is 0 Å². The Labute approximate surface area is 168 Å². The van der Waals surface area contributed by atoms with Crippen molar-refractivity contribution in [2.24, 2.45) is 0 Å². The number of nitro groups is 1. The smallest absolute Gasteiger partial charge is 0.293 e. The van der Waals surface area contributed by atoms with Gasteiger partial charge < -0.3 is 10.2 Å². The summed E-state index contributed by atoms with van der Waals surface area (Å²) in [6, 6.07) is 13.0. The van der Waals surface area contributed by atoms with Crippen molar-refractivity contribution in [3.8, 4) is 0 Å². The molecule has 0 aromatic heterocycles. The lowest BCUT2D eigenvalue weighted by molar-refractivity contribution is -0.384. The van der Waals surface area contributed by atoms with Crippen LogP contribution in [0.25, 0.3) is 0 Å². The Morgan fingerprint density at radius 2 is 1.79 bits per heavy atom. The molecule has 0 radical (unpaired) electrons. The fourth-order valence-corrected chi connectivity index (χ4v) is 4.15. The molecule has 1 saturated heterocycles. The van der Waals surface area contributed by atoms with Crippen molar-refractivity contribution in [3.63, 3.8) is 0 Å². The molecule has 1 aliphatic heterocycles. The van der Waals surface area contributed by atoms with Crippen LogP contribution in [0.1, 0.15) is 18.4 Å². The summed E-state index contributed by atoms with van der Waals surface area (Å²) in [6.45, 7) is 1.22. The van der Waals surface area contributed by atoms with Crippen molar-refractivity contribution in [1.82, 2.24) is 10.0 Å². The molecule has 1 heterocycles. The third-order valence-electron chi connectivity index (χ3n) is 4.66. The number of nitrogens with zero attached hydrogens (tertiary/aromatic N) is 2. The van der Waals surface area contributed by atoms with Crippen molar-refractivity contribution in [2.75, 3.05) is 24.5 Å². The summed E-state index contributed by atoms with van der Waals surface area (Å²) in [6.07, 6.45) is 1.88. The number of sulfonamides is 1. The number of carbonyl (C=O) groups is 1. The largest absolute Gasteiger partial charge is 0.366 e. The second-order valence-electron chi connectivity index (χ2n) is 6.69. The molecule has 154 valence electrons. The topological polar surface area (TPSA) is 122 Å². The molecule has 2 N–H and O–H groups in total. The maximum Gasteiger partial charge on any atom is 0.293 e. The first-order valence-electron chi connectivity index (χ1n) is 9.20. The molecule has 0 saturated carbocycles. The highest BCUT2D eigenvalue weighted by molar-refractivity contribution is 7.89. The number of anilines is 1. The zero-order valence-electron chi connectivity index (χ0n) is 15.7. The van der Waals surface area contributed by atoms with Crippen molar-refractivity contribution in [2.45, 2.75) is 24.3 Å². The molecule has 0 unspecified atom stereocenters. The van der Waals surface area contributed by atoms with E-state index < -0.39 is 27.4 Å². The molecule has 0 bridgehead atoms. The van der Waals surface area contributed by atoms with Crippen molar-refractivity contribution >= 4 is 27.3 Å². The van der Waals surface area contributed by atoms with Gasteiger partial charge in [0.15, 0.2) is 0 Å². The molecular formula is C19H22N4O5S. The van der Waals surface area contributed by atoms with Gasteiger partial charge in [-0.15, -0.1) is 0 Å². The Bertz CT molecular complexity index is 989. The molecule has 2 aromatic carbocycles. The fraction of sp³-hybridized carbons (Fsp3) is 0.316. The van der Waals surface area contributed by atoms with E-state index in [4.69, 9.17) is 0 Å². The third-order valence-corrected chi connectivity index (χ3v) is 6.05. The van der Waals surface area contributed by atoms with E-state index in [-0.39, 0.29) is 17.1 Å². The quantitative estimate of drug-likeness (QED) is 0.498. The van der Waals surface area contributed by atoms with Gasteiger partial charge in [0, 0.05) is 25.7 Å². The van der Waals surface area contributed by atoms with E-state index in [1.807, 2.05) is 35.2 Å². The van der Waals surface area contributed by atoms with Crippen LogP contribution >= 0.6 is 0 Å². The van der Waals surface area contributed by atoms with Crippen LogP contribution in [0, 0.1) is 10.1 Å². The van der Waals surface area contributed by atoms with Gasteiger partial charge in [-0.3, -0.25) is 14.9 Å². The van der Waals surface area contributed by atoms with Gasteiger partial charge >= 0.3 is 0 Å². The number of rotatable bonds is 8. The molecule has 0 atom stereocenters. The van der Waals surface area contributed by atoms with E-state index in [0.717, 1.165) is 24.5 Å². The van der Waals surface area contributed by atoms with Gasteiger partial charge in [0.25, 0.3) is 5.69 Å². The third kappa shape index (κ3) is 5.30. The monoisotopic (exact) mass is 418 g/mol. The molecule has 29 heavy (non-hydrogen) atoms. The minimum Gasteiger partial charge on any atom is -0.366 e. The van der Waals surface area contributed by atoms with Gasteiger partial charge in [0.1, 0.15) is 5.69 Å². The Hall–Kier alpha value is -2.98. The molecule has 1 fully saturated rings. The first-order valence-corrected chi connectivity index (χ1v) is 10.7. The van der Waals surface area contributed by atoms with Crippen LogP contribution in [0.2, 0.25) is 0 Å². The lowest BCUT2D eigenvalue weighted by atomic mass is 10.2. The summed E-state index contributed by atoms with van der Waals surface area (Å²) in [5, 5.41) is 14.1. The van der Waals surface area contributed by atoms with E-state index in [2.05, 4.69) is 10.0 Å². The van der Waals surface area contributed by atoms with Crippen molar-refractivity contribution < 1.29 is 18.1 Å². The highest BCUT2D eigenvalue weighted by atomic mass is 32.2. The first-order chi connectivity index (χ1) is 13.9. The van der Waals surface area contributed by atoms with Crippen LogP contribution in [0.3, 0.4) is 0 Å². The lowest BCUT2D eigenvalue weighted by Crippen LogP contribution is -2.36. The number of nitro benzene ring substituents is 1.